The smallest absolute Gasteiger partial charge is 0.407 e. The molecule has 0 aromatic heterocycles. The number of alkyl carbamates (subject to hydrolysis) is 1. The van der Waals surface area contributed by atoms with Crippen LogP contribution in [-0.2, 0) is 14.3 Å². The van der Waals surface area contributed by atoms with Crippen LogP contribution in [0.25, 0.3) is 0 Å². The van der Waals surface area contributed by atoms with Crippen molar-refractivity contribution < 1.29 is 19.1 Å². The molecule has 190 valence electrons. The van der Waals surface area contributed by atoms with Crippen molar-refractivity contribution in [2.75, 3.05) is 13.2 Å². The normalized spacial score (nSPS) is 11.8. The molecule has 0 aromatic rings. The molecule has 5 nitrogen and oxygen atoms in total. The van der Waals surface area contributed by atoms with Gasteiger partial charge < -0.3 is 14.8 Å². The van der Waals surface area contributed by atoms with Crippen LogP contribution in [0.1, 0.15) is 143 Å². The quantitative estimate of drug-likeness (QED) is 0.125. The van der Waals surface area contributed by atoms with Crippen molar-refractivity contribution >= 4 is 12.1 Å². The minimum absolute atomic E-state index is 0.325. The minimum Gasteiger partial charge on any atom is -0.464 e. The van der Waals surface area contributed by atoms with E-state index in [9.17, 15) is 9.59 Å². The number of amides is 1. The van der Waals surface area contributed by atoms with Crippen molar-refractivity contribution in [2.24, 2.45) is 0 Å². The zero-order chi connectivity index (χ0) is 23.7. The van der Waals surface area contributed by atoms with E-state index in [0.717, 1.165) is 44.9 Å². The van der Waals surface area contributed by atoms with Gasteiger partial charge in [-0.05, 0) is 19.3 Å². The van der Waals surface area contributed by atoms with Gasteiger partial charge in [-0.2, -0.15) is 0 Å². The van der Waals surface area contributed by atoms with Crippen molar-refractivity contribution in [2.45, 2.75) is 149 Å². The molecule has 32 heavy (non-hydrogen) atoms. The Balaban J connectivity index is 3.81. The number of ether oxygens (including phenoxy) is 2. The van der Waals surface area contributed by atoms with Gasteiger partial charge in [-0.25, -0.2) is 9.59 Å². The summed E-state index contributed by atoms with van der Waals surface area (Å²) in [5, 5.41) is 2.69. The van der Waals surface area contributed by atoms with Gasteiger partial charge >= 0.3 is 12.1 Å². The van der Waals surface area contributed by atoms with Crippen LogP contribution in [0.15, 0.2) is 0 Å². The lowest BCUT2D eigenvalue weighted by atomic mass is 10.0. The summed E-state index contributed by atoms with van der Waals surface area (Å²) in [4.78, 5) is 24.3. The fraction of sp³-hybridized carbons (Fsp3) is 0.926. The van der Waals surface area contributed by atoms with Crippen LogP contribution in [0.3, 0.4) is 0 Å². The number of nitrogens with one attached hydrogen (secondary N) is 1. The van der Waals surface area contributed by atoms with Gasteiger partial charge in [0, 0.05) is 0 Å². The van der Waals surface area contributed by atoms with E-state index in [1.54, 1.807) is 0 Å². The first-order valence-electron chi connectivity index (χ1n) is 13.8. The minimum atomic E-state index is -0.599. The third kappa shape index (κ3) is 20.6. The van der Waals surface area contributed by atoms with E-state index < -0.39 is 12.1 Å². The van der Waals surface area contributed by atoms with E-state index in [4.69, 9.17) is 9.47 Å². The molecule has 1 unspecified atom stereocenters. The van der Waals surface area contributed by atoms with Gasteiger partial charge in [0.15, 0.2) is 0 Å². The zero-order valence-electron chi connectivity index (χ0n) is 21.6. The first-order chi connectivity index (χ1) is 15.7. The van der Waals surface area contributed by atoms with Gasteiger partial charge in [0.2, 0.25) is 0 Å². The highest BCUT2D eigenvalue weighted by molar-refractivity contribution is 5.81. The molecule has 0 aliphatic heterocycles. The molecule has 0 heterocycles. The molecular weight excluding hydrogens is 402 g/mol. The highest BCUT2D eigenvalue weighted by Crippen LogP contribution is 2.13. The molecule has 5 heteroatoms. The first-order valence-corrected chi connectivity index (χ1v) is 13.8. The number of unbranched alkanes of at least 4 members (excludes halogenated alkanes) is 15. The summed E-state index contributed by atoms with van der Waals surface area (Å²) in [6.07, 6.45) is 21.9. The van der Waals surface area contributed by atoms with E-state index in [1.165, 1.54) is 70.6 Å². The number of esters is 1. The molecular formula is C27H53NO4. The molecule has 0 fully saturated rings. The maximum absolute atomic E-state index is 12.4. The van der Waals surface area contributed by atoms with Crippen LogP contribution in [0.2, 0.25) is 0 Å². The Bertz CT molecular complexity index is 428. The lowest BCUT2D eigenvalue weighted by Gasteiger charge is -2.17. The second kappa shape index (κ2) is 24.4. The molecule has 0 radical (unpaired) electrons. The Morgan fingerprint density at radius 1 is 0.562 bits per heavy atom. The maximum Gasteiger partial charge on any atom is 0.407 e. The van der Waals surface area contributed by atoms with Gasteiger partial charge in [0.05, 0.1) is 13.2 Å². The Morgan fingerprint density at radius 2 is 1.03 bits per heavy atom. The van der Waals surface area contributed by atoms with E-state index >= 15 is 0 Å². The van der Waals surface area contributed by atoms with Crippen molar-refractivity contribution in [3.8, 4) is 0 Å². The SMILES string of the molecule is CCCCCCCCCCCCCCCOC(=O)C(CCCCCC)NC(=O)OCCC. The third-order valence-corrected chi connectivity index (χ3v) is 5.85. The lowest BCUT2D eigenvalue weighted by Crippen LogP contribution is -2.42. The molecule has 1 N–H and O–H groups in total. The summed E-state index contributed by atoms with van der Waals surface area (Å²) in [5.41, 5.74) is 0. The molecule has 1 amide bonds. The maximum atomic E-state index is 12.4. The van der Waals surface area contributed by atoms with Crippen LogP contribution in [0, 0.1) is 0 Å². The first kappa shape index (κ1) is 30.7. The monoisotopic (exact) mass is 455 g/mol. The van der Waals surface area contributed by atoms with Crippen LogP contribution in [0.5, 0.6) is 0 Å². The Hall–Kier alpha value is -1.26. The van der Waals surface area contributed by atoms with Gasteiger partial charge in [-0.3, -0.25) is 0 Å². The predicted octanol–water partition coefficient (Wildman–Crippen LogP) is 8.10. The number of carbonyl (C=O) groups excluding carboxylic acids is 2. The van der Waals surface area contributed by atoms with Crippen LogP contribution in [0.4, 0.5) is 4.79 Å². The summed E-state index contributed by atoms with van der Waals surface area (Å²) in [7, 11) is 0. The van der Waals surface area contributed by atoms with E-state index in [-0.39, 0.29) is 5.97 Å². The topological polar surface area (TPSA) is 64.6 Å². The number of carbonyl (C=O) groups is 2. The van der Waals surface area contributed by atoms with Crippen LogP contribution in [-0.4, -0.2) is 31.3 Å². The van der Waals surface area contributed by atoms with Gasteiger partial charge in [-0.1, -0.05) is 124 Å². The molecule has 0 aliphatic carbocycles. The average Bonchev–Trinajstić information content (AvgIpc) is 2.79. The predicted molar refractivity (Wildman–Crippen MR) is 134 cm³/mol. The fourth-order valence-electron chi connectivity index (χ4n) is 3.80. The van der Waals surface area contributed by atoms with E-state index in [2.05, 4.69) is 19.2 Å². The second-order valence-electron chi connectivity index (χ2n) is 9.09. The van der Waals surface area contributed by atoms with Crippen LogP contribution >= 0.6 is 0 Å². The summed E-state index contributed by atoms with van der Waals surface area (Å²) in [5.74, 6) is -0.325. The third-order valence-electron chi connectivity index (χ3n) is 5.85. The number of hydrogen-bond acceptors (Lipinski definition) is 4. The Labute approximate surface area is 198 Å². The summed E-state index contributed by atoms with van der Waals surface area (Å²) >= 11 is 0. The summed E-state index contributed by atoms with van der Waals surface area (Å²) in [6, 6.07) is -0.599. The Morgan fingerprint density at radius 3 is 1.53 bits per heavy atom. The zero-order valence-corrected chi connectivity index (χ0v) is 21.6. The van der Waals surface area contributed by atoms with Crippen molar-refractivity contribution in [3.63, 3.8) is 0 Å². The molecule has 0 aromatic carbocycles. The molecule has 0 aliphatic rings. The van der Waals surface area contributed by atoms with Crippen molar-refractivity contribution in [3.05, 3.63) is 0 Å². The van der Waals surface area contributed by atoms with Gasteiger partial charge in [-0.15, -0.1) is 0 Å². The van der Waals surface area contributed by atoms with Gasteiger partial charge in [0.25, 0.3) is 0 Å². The van der Waals surface area contributed by atoms with Crippen molar-refractivity contribution in [1.29, 1.82) is 0 Å². The van der Waals surface area contributed by atoms with Crippen LogP contribution < -0.4 is 5.32 Å². The molecule has 0 rings (SSSR count). The molecule has 0 spiro atoms. The molecule has 0 bridgehead atoms. The number of hydrogen-bond donors (Lipinski definition) is 1. The van der Waals surface area contributed by atoms with Gasteiger partial charge in [0.1, 0.15) is 6.04 Å². The Kier molecular flexibility index (Phi) is 23.4. The standard InChI is InChI=1S/C27H53NO4/c1-4-7-9-11-12-13-14-15-16-17-18-19-21-24-31-26(29)25(22-20-10-8-5-2)28-27(30)32-23-6-3/h25H,4-24H2,1-3H3,(H,28,30). The average molecular weight is 456 g/mol. The number of rotatable bonds is 23. The molecule has 0 saturated carbocycles. The summed E-state index contributed by atoms with van der Waals surface area (Å²) < 4.78 is 10.5. The largest absolute Gasteiger partial charge is 0.464 e. The lowest BCUT2D eigenvalue weighted by molar-refractivity contribution is -0.146. The summed E-state index contributed by atoms with van der Waals surface area (Å²) in [6.45, 7) is 7.16. The highest BCUT2D eigenvalue weighted by Gasteiger charge is 2.22. The van der Waals surface area contributed by atoms with Crippen molar-refractivity contribution in [1.82, 2.24) is 5.32 Å². The highest BCUT2D eigenvalue weighted by atomic mass is 16.6. The molecule has 1 atom stereocenters. The fourth-order valence-corrected chi connectivity index (χ4v) is 3.80. The van der Waals surface area contributed by atoms with E-state index in [0.29, 0.717) is 19.6 Å². The van der Waals surface area contributed by atoms with E-state index in [1.807, 2.05) is 6.92 Å². The second-order valence-corrected chi connectivity index (χ2v) is 9.09. The molecule has 0 saturated heterocycles.